The number of fused-ring (bicyclic) bond motifs is 2. The second-order valence-corrected chi connectivity index (χ2v) is 5.81. The Morgan fingerprint density at radius 1 is 1.25 bits per heavy atom. The molecular formula is C12H15N3S. The van der Waals surface area contributed by atoms with Crippen LogP contribution in [0.3, 0.4) is 0 Å². The molecule has 1 aromatic heterocycles. The highest BCUT2D eigenvalue weighted by Crippen LogP contribution is 2.42. The molecule has 4 rings (SSSR count). The highest BCUT2D eigenvalue weighted by atomic mass is 32.1. The minimum Gasteiger partial charge on any atom is -0.337 e. The number of rotatable bonds is 2. The van der Waals surface area contributed by atoms with Crippen molar-refractivity contribution in [1.82, 2.24) is 9.36 Å². The lowest BCUT2D eigenvalue weighted by Crippen LogP contribution is -2.37. The molecule has 1 aromatic rings. The summed E-state index contributed by atoms with van der Waals surface area (Å²) in [7, 11) is 0. The van der Waals surface area contributed by atoms with Crippen molar-refractivity contribution >= 4 is 16.7 Å². The topological polar surface area (TPSA) is 29.0 Å². The fourth-order valence-electron chi connectivity index (χ4n) is 2.86. The molecule has 4 heteroatoms. The summed E-state index contributed by atoms with van der Waals surface area (Å²) in [5, 5.41) is 1.17. The van der Waals surface area contributed by atoms with E-state index in [-0.39, 0.29) is 0 Å². The zero-order chi connectivity index (χ0) is 10.5. The van der Waals surface area contributed by atoms with Crippen LogP contribution in [0.1, 0.15) is 43.8 Å². The van der Waals surface area contributed by atoms with Crippen LogP contribution in [-0.2, 0) is 0 Å². The summed E-state index contributed by atoms with van der Waals surface area (Å²) in [6.07, 6.45) is 11.1. The zero-order valence-electron chi connectivity index (χ0n) is 9.17. The Bertz CT molecular complexity index is 435. The maximum Gasteiger partial charge on any atom is 0.205 e. The van der Waals surface area contributed by atoms with Crippen molar-refractivity contribution in [2.45, 2.75) is 50.1 Å². The molecule has 2 fully saturated rings. The summed E-state index contributed by atoms with van der Waals surface area (Å²) in [5.41, 5.74) is 0. The third kappa shape index (κ3) is 1.32. The van der Waals surface area contributed by atoms with Gasteiger partial charge in [-0.05, 0) is 32.1 Å². The first-order valence-electron chi connectivity index (χ1n) is 6.20. The second kappa shape index (κ2) is 3.29. The monoisotopic (exact) mass is 233 g/mol. The van der Waals surface area contributed by atoms with Gasteiger partial charge in [-0.1, -0.05) is 12.2 Å². The van der Waals surface area contributed by atoms with Crippen LogP contribution < -0.4 is 4.90 Å². The van der Waals surface area contributed by atoms with Gasteiger partial charge in [0.2, 0.25) is 5.13 Å². The van der Waals surface area contributed by atoms with Crippen LogP contribution in [0.4, 0.5) is 5.13 Å². The van der Waals surface area contributed by atoms with Gasteiger partial charge in [0.1, 0.15) is 5.82 Å². The summed E-state index contributed by atoms with van der Waals surface area (Å²) >= 11 is 1.60. The zero-order valence-corrected chi connectivity index (χ0v) is 9.99. The molecule has 2 aliphatic heterocycles. The van der Waals surface area contributed by atoms with E-state index in [0.717, 1.165) is 5.82 Å². The number of aromatic nitrogens is 2. The SMILES string of the molecule is C1=CC2CCC(C1)N2c1nc(C2CC2)ns1. The number of hydrogen-bond donors (Lipinski definition) is 0. The summed E-state index contributed by atoms with van der Waals surface area (Å²) in [4.78, 5) is 7.24. The molecule has 0 spiro atoms. The fourth-order valence-corrected chi connectivity index (χ4v) is 3.74. The van der Waals surface area contributed by atoms with Gasteiger partial charge in [-0.3, -0.25) is 0 Å². The molecule has 2 atom stereocenters. The lowest BCUT2D eigenvalue weighted by molar-refractivity contribution is 0.645. The molecule has 3 heterocycles. The third-order valence-electron chi connectivity index (χ3n) is 3.91. The quantitative estimate of drug-likeness (QED) is 0.735. The molecule has 16 heavy (non-hydrogen) atoms. The summed E-state index contributed by atoms with van der Waals surface area (Å²) in [6, 6.07) is 1.29. The molecule has 0 amide bonds. The predicted molar refractivity (Wildman–Crippen MR) is 64.9 cm³/mol. The first-order chi connectivity index (χ1) is 7.92. The van der Waals surface area contributed by atoms with E-state index < -0.39 is 0 Å². The van der Waals surface area contributed by atoms with Crippen LogP contribution in [0.2, 0.25) is 0 Å². The number of anilines is 1. The molecule has 1 saturated carbocycles. The van der Waals surface area contributed by atoms with Crippen LogP contribution in [0, 0.1) is 0 Å². The van der Waals surface area contributed by atoms with E-state index in [4.69, 9.17) is 4.98 Å². The van der Waals surface area contributed by atoms with Crippen molar-refractivity contribution in [1.29, 1.82) is 0 Å². The van der Waals surface area contributed by atoms with Gasteiger partial charge < -0.3 is 4.90 Å². The largest absolute Gasteiger partial charge is 0.337 e. The van der Waals surface area contributed by atoms with Crippen molar-refractivity contribution in [2.75, 3.05) is 4.90 Å². The average molecular weight is 233 g/mol. The maximum absolute atomic E-state index is 4.74. The van der Waals surface area contributed by atoms with Crippen LogP contribution in [0.15, 0.2) is 12.2 Å². The molecule has 2 bridgehead atoms. The molecule has 2 unspecified atom stereocenters. The molecule has 1 aliphatic carbocycles. The van der Waals surface area contributed by atoms with Gasteiger partial charge in [-0.15, -0.1) is 0 Å². The highest BCUT2D eigenvalue weighted by Gasteiger charge is 2.37. The van der Waals surface area contributed by atoms with E-state index in [2.05, 4.69) is 21.4 Å². The molecule has 3 aliphatic rings. The molecule has 1 saturated heterocycles. The van der Waals surface area contributed by atoms with Crippen molar-refractivity contribution in [3.05, 3.63) is 18.0 Å². The molecular weight excluding hydrogens is 218 g/mol. The Morgan fingerprint density at radius 2 is 2.19 bits per heavy atom. The molecule has 84 valence electrons. The lowest BCUT2D eigenvalue weighted by Gasteiger charge is -2.30. The van der Waals surface area contributed by atoms with E-state index >= 15 is 0 Å². The van der Waals surface area contributed by atoms with Gasteiger partial charge in [0.05, 0.1) is 0 Å². The van der Waals surface area contributed by atoms with Crippen molar-refractivity contribution < 1.29 is 0 Å². The summed E-state index contributed by atoms with van der Waals surface area (Å²) in [5.74, 6) is 1.79. The van der Waals surface area contributed by atoms with Crippen molar-refractivity contribution in [3.8, 4) is 0 Å². The van der Waals surface area contributed by atoms with Crippen LogP contribution in [-0.4, -0.2) is 21.4 Å². The van der Waals surface area contributed by atoms with Gasteiger partial charge in [0.15, 0.2) is 0 Å². The molecule has 3 nitrogen and oxygen atoms in total. The predicted octanol–water partition coefficient (Wildman–Crippen LogP) is 2.71. The maximum atomic E-state index is 4.74. The first-order valence-corrected chi connectivity index (χ1v) is 6.98. The minimum atomic E-state index is 0.596. The Hall–Kier alpha value is -0.900. The van der Waals surface area contributed by atoms with Crippen molar-refractivity contribution in [2.24, 2.45) is 0 Å². The molecule has 0 N–H and O–H groups in total. The molecule has 0 aromatic carbocycles. The lowest BCUT2D eigenvalue weighted by atomic mass is 10.1. The Balaban J connectivity index is 1.66. The van der Waals surface area contributed by atoms with Gasteiger partial charge in [-0.25, -0.2) is 4.98 Å². The third-order valence-corrected chi connectivity index (χ3v) is 4.65. The van der Waals surface area contributed by atoms with Crippen LogP contribution in [0.5, 0.6) is 0 Å². The van der Waals surface area contributed by atoms with E-state index in [1.807, 2.05) is 0 Å². The average Bonchev–Trinajstić information content (AvgIpc) is 2.99. The highest BCUT2D eigenvalue weighted by molar-refractivity contribution is 7.09. The van der Waals surface area contributed by atoms with Gasteiger partial charge in [-0.2, -0.15) is 4.37 Å². The fraction of sp³-hybridized carbons (Fsp3) is 0.667. The summed E-state index contributed by atoms with van der Waals surface area (Å²) in [6.45, 7) is 0. The second-order valence-electron chi connectivity index (χ2n) is 5.08. The van der Waals surface area contributed by atoms with Crippen LogP contribution >= 0.6 is 11.5 Å². The minimum absolute atomic E-state index is 0.596. The standard InChI is InChI=1S/C12H15N3S/c1-2-9-6-7-10(3-1)15(9)12-13-11(14-16-12)8-4-5-8/h1-2,8-10H,3-7H2. The molecule has 0 radical (unpaired) electrons. The smallest absolute Gasteiger partial charge is 0.205 e. The first kappa shape index (κ1) is 9.16. The normalized spacial score (nSPS) is 32.4. The Kier molecular flexibility index (Phi) is 1.89. The van der Waals surface area contributed by atoms with E-state index in [0.29, 0.717) is 18.0 Å². The van der Waals surface area contributed by atoms with E-state index in [1.54, 1.807) is 11.5 Å². The Labute approximate surface area is 99.4 Å². The van der Waals surface area contributed by atoms with Crippen molar-refractivity contribution in [3.63, 3.8) is 0 Å². The van der Waals surface area contributed by atoms with Gasteiger partial charge >= 0.3 is 0 Å². The Morgan fingerprint density at radius 3 is 3.00 bits per heavy atom. The van der Waals surface area contributed by atoms with E-state index in [1.165, 1.54) is 37.2 Å². The van der Waals surface area contributed by atoms with Crippen LogP contribution in [0.25, 0.3) is 0 Å². The van der Waals surface area contributed by atoms with Gasteiger partial charge in [0, 0.05) is 29.5 Å². The van der Waals surface area contributed by atoms with Gasteiger partial charge in [0.25, 0.3) is 0 Å². The summed E-state index contributed by atoms with van der Waals surface area (Å²) < 4.78 is 4.51. The number of hydrogen-bond acceptors (Lipinski definition) is 4. The number of nitrogens with zero attached hydrogens (tertiary/aromatic N) is 3. The van der Waals surface area contributed by atoms with E-state index in [9.17, 15) is 0 Å².